The van der Waals surface area contributed by atoms with E-state index in [1.54, 1.807) is 0 Å². The van der Waals surface area contributed by atoms with E-state index in [2.05, 4.69) is 16.7 Å². The highest BCUT2D eigenvalue weighted by Crippen LogP contribution is 2.38. The second-order valence-corrected chi connectivity index (χ2v) is 6.69. The van der Waals surface area contributed by atoms with E-state index in [0.29, 0.717) is 19.8 Å². The zero-order valence-corrected chi connectivity index (χ0v) is 14.7. The van der Waals surface area contributed by atoms with Gasteiger partial charge < -0.3 is 15.4 Å². The zero-order valence-electron chi connectivity index (χ0n) is 13.1. The third kappa shape index (κ3) is 4.18. The summed E-state index contributed by atoms with van der Waals surface area (Å²) < 4.78 is 5.53. The minimum Gasteiger partial charge on any atom is -0.381 e. The molecule has 2 aliphatic rings. The van der Waals surface area contributed by atoms with E-state index in [1.807, 2.05) is 18.2 Å². The van der Waals surface area contributed by atoms with Crippen LogP contribution in [-0.2, 0) is 14.9 Å². The second-order valence-electron chi connectivity index (χ2n) is 6.28. The molecule has 3 rings (SSSR count). The highest BCUT2D eigenvalue weighted by Gasteiger charge is 2.37. The Morgan fingerprint density at radius 2 is 2.09 bits per heavy atom. The van der Waals surface area contributed by atoms with Crippen molar-refractivity contribution >= 4 is 29.9 Å². The number of hydrogen-bond donors (Lipinski definition) is 2. The molecule has 2 fully saturated rings. The molecule has 1 atom stereocenters. The third-order valence-corrected chi connectivity index (χ3v) is 5.26. The normalized spacial score (nSPS) is 23.1. The van der Waals surface area contributed by atoms with Crippen molar-refractivity contribution in [2.75, 3.05) is 32.8 Å². The molecule has 0 spiro atoms. The molecule has 0 saturated carbocycles. The third-order valence-electron chi connectivity index (χ3n) is 4.93. The molecule has 1 unspecified atom stereocenters. The Morgan fingerprint density at radius 1 is 1.35 bits per heavy atom. The van der Waals surface area contributed by atoms with Crippen LogP contribution in [-0.4, -0.2) is 38.8 Å². The Hall–Kier alpha value is -0.810. The Balaban J connectivity index is 0.00000192. The summed E-state index contributed by atoms with van der Waals surface area (Å²) in [4.78, 5) is 12.3. The second kappa shape index (κ2) is 8.34. The average molecular weight is 359 g/mol. The number of ether oxygens (including phenoxy) is 1. The lowest BCUT2D eigenvalue weighted by molar-refractivity contribution is -0.124. The van der Waals surface area contributed by atoms with Gasteiger partial charge in [-0.1, -0.05) is 29.8 Å². The Morgan fingerprint density at radius 3 is 2.74 bits per heavy atom. The van der Waals surface area contributed by atoms with Gasteiger partial charge >= 0.3 is 0 Å². The lowest BCUT2D eigenvalue weighted by Crippen LogP contribution is -2.46. The molecular weight excluding hydrogens is 335 g/mol. The van der Waals surface area contributed by atoms with Crippen molar-refractivity contribution in [3.63, 3.8) is 0 Å². The molecule has 6 heteroatoms. The zero-order chi connectivity index (χ0) is 15.4. The fourth-order valence-electron chi connectivity index (χ4n) is 3.47. The van der Waals surface area contributed by atoms with Crippen LogP contribution in [0.3, 0.4) is 0 Å². The Kier molecular flexibility index (Phi) is 6.72. The van der Waals surface area contributed by atoms with Crippen LogP contribution in [0.4, 0.5) is 0 Å². The molecule has 1 aromatic carbocycles. The lowest BCUT2D eigenvalue weighted by Gasteiger charge is -2.38. The van der Waals surface area contributed by atoms with Crippen LogP contribution in [0, 0.1) is 5.92 Å². The van der Waals surface area contributed by atoms with Crippen LogP contribution in [0.2, 0.25) is 5.02 Å². The summed E-state index contributed by atoms with van der Waals surface area (Å²) in [6.45, 7) is 3.78. The van der Waals surface area contributed by atoms with Crippen LogP contribution in [0.5, 0.6) is 0 Å². The van der Waals surface area contributed by atoms with Gasteiger partial charge in [-0.3, -0.25) is 4.79 Å². The highest BCUT2D eigenvalue weighted by atomic mass is 35.5. The van der Waals surface area contributed by atoms with Crippen molar-refractivity contribution in [2.45, 2.75) is 24.7 Å². The number of carbonyl (C=O) groups excluding carboxylic acids is 1. The van der Waals surface area contributed by atoms with Crippen LogP contribution in [0.1, 0.15) is 24.8 Å². The van der Waals surface area contributed by atoms with Gasteiger partial charge in [0.1, 0.15) is 0 Å². The Bertz CT molecular complexity index is 527. The topological polar surface area (TPSA) is 50.4 Å². The first-order valence-electron chi connectivity index (χ1n) is 8.02. The first-order chi connectivity index (χ1) is 10.7. The molecule has 1 aromatic rings. The van der Waals surface area contributed by atoms with Gasteiger partial charge in [0, 0.05) is 36.7 Å². The standard InChI is InChI=1S/C17H23ClN2O2.ClH/c18-15-4-2-1-3-14(15)17(6-9-22-10-7-17)12-20-16(21)13-5-8-19-11-13;/h1-4,13,19H,5-12H2,(H,20,21);1H. The van der Waals surface area contributed by atoms with Crippen LogP contribution in [0.15, 0.2) is 24.3 Å². The number of nitrogens with one attached hydrogen (secondary N) is 2. The molecular formula is C17H24Cl2N2O2. The maximum absolute atomic E-state index is 12.3. The summed E-state index contributed by atoms with van der Waals surface area (Å²) in [5.41, 5.74) is 1.02. The minimum absolute atomic E-state index is 0. The average Bonchev–Trinajstić information content (AvgIpc) is 3.08. The molecule has 2 saturated heterocycles. The van der Waals surface area contributed by atoms with Gasteiger partial charge in [-0.2, -0.15) is 0 Å². The fraction of sp³-hybridized carbons (Fsp3) is 0.588. The summed E-state index contributed by atoms with van der Waals surface area (Å²) in [6, 6.07) is 7.97. The first-order valence-corrected chi connectivity index (χ1v) is 8.40. The molecule has 23 heavy (non-hydrogen) atoms. The number of benzene rings is 1. The lowest BCUT2D eigenvalue weighted by atomic mass is 9.74. The number of hydrogen-bond acceptors (Lipinski definition) is 3. The Labute approximate surface area is 148 Å². The highest BCUT2D eigenvalue weighted by molar-refractivity contribution is 6.31. The summed E-state index contributed by atoms with van der Waals surface area (Å²) in [5.74, 6) is 0.256. The van der Waals surface area contributed by atoms with Crippen molar-refractivity contribution in [3.05, 3.63) is 34.9 Å². The van der Waals surface area contributed by atoms with E-state index >= 15 is 0 Å². The SMILES string of the molecule is Cl.O=C(NCC1(c2ccccc2Cl)CCOCC1)C1CCNC1. The van der Waals surface area contributed by atoms with Crippen molar-refractivity contribution in [1.29, 1.82) is 0 Å². The van der Waals surface area contributed by atoms with Gasteiger partial charge in [0.2, 0.25) is 5.91 Å². The largest absolute Gasteiger partial charge is 0.381 e. The molecule has 0 radical (unpaired) electrons. The monoisotopic (exact) mass is 358 g/mol. The molecule has 2 aliphatic heterocycles. The van der Waals surface area contributed by atoms with E-state index in [1.165, 1.54) is 0 Å². The predicted octanol–water partition coefficient (Wildman–Crippen LogP) is 2.54. The molecule has 2 heterocycles. The number of rotatable bonds is 4. The van der Waals surface area contributed by atoms with E-state index < -0.39 is 0 Å². The summed E-state index contributed by atoms with van der Waals surface area (Å²) >= 11 is 6.43. The first kappa shape index (κ1) is 18.5. The summed E-state index contributed by atoms with van der Waals surface area (Å²) in [7, 11) is 0. The summed E-state index contributed by atoms with van der Waals surface area (Å²) in [5, 5.41) is 7.19. The van der Waals surface area contributed by atoms with Crippen LogP contribution in [0.25, 0.3) is 0 Å². The van der Waals surface area contributed by atoms with Gasteiger partial charge in [0.25, 0.3) is 0 Å². The summed E-state index contributed by atoms with van der Waals surface area (Å²) in [6.07, 6.45) is 2.70. The van der Waals surface area contributed by atoms with E-state index in [9.17, 15) is 4.79 Å². The predicted molar refractivity (Wildman–Crippen MR) is 94.4 cm³/mol. The quantitative estimate of drug-likeness (QED) is 0.869. The van der Waals surface area contributed by atoms with Crippen molar-refractivity contribution in [1.82, 2.24) is 10.6 Å². The van der Waals surface area contributed by atoms with Crippen molar-refractivity contribution in [2.24, 2.45) is 5.92 Å². The number of amides is 1. The van der Waals surface area contributed by atoms with Gasteiger partial charge in [0.05, 0.1) is 5.92 Å². The van der Waals surface area contributed by atoms with Gasteiger partial charge in [0.15, 0.2) is 0 Å². The number of carbonyl (C=O) groups is 1. The van der Waals surface area contributed by atoms with Crippen molar-refractivity contribution in [3.8, 4) is 0 Å². The smallest absolute Gasteiger partial charge is 0.224 e. The fourth-order valence-corrected chi connectivity index (χ4v) is 3.81. The molecule has 0 aromatic heterocycles. The minimum atomic E-state index is -0.113. The van der Waals surface area contributed by atoms with Gasteiger partial charge in [-0.05, 0) is 37.4 Å². The van der Waals surface area contributed by atoms with Crippen LogP contribution >= 0.6 is 24.0 Å². The van der Waals surface area contributed by atoms with Gasteiger partial charge in [-0.25, -0.2) is 0 Å². The van der Waals surface area contributed by atoms with E-state index in [0.717, 1.165) is 42.9 Å². The van der Waals surface area contributed by atoms with E-state index in [4.69, 9.17) is 16.3 Å². The molecule has 0 bridgehead atoms. The van der Waals surface area contributed by atoms with Crippen LogP contribution < -0.4 is 10.6 Å². The molecule has 1 amide bonds. The number of halogens is 2. The maximum atomic E-state index is 12.3. The van der Waals surface area contributed by atoms with Crippen molar-refractivity contribution < 1.29 is 9.53 Å². The van der Waals surface area contributed by atoms with Gasteiger partial charge in [-0.15, -0.1) is 12.4 Å². The van der Waals surface area contributed by atoms with E-state index in [-0.39, 0.29) is 29.6 Å². The molecule has 2 N–H and O–H groups in total. The molecule has 4 nitrogen and oxygen atoms in total. The molecule has 0 aliphatic carbocycles. The maximum Gasteiger partial charge on any atom is 0.224 e. The molecule has 128 valence electrons.